The van der Waals surface area contributed by atoms with Crippen LogP contribution >= 0.6 is 34.9 Å². The SMILES string of the molecule is CCOC(=O)c1sc(NC(=O)[C@@H](CC)SC2=NCCS2)nc1C. The van der Waals surface area contributed by atoms with E-state index >= 15 is 0 Å². The topological polar surface area (TPSA) is 80.6 Å². The van der Waals surface area contributed by atoms with Gasteiger partial charge in [0.25, 0.3) is 0 Å². The van der Waals surface area contributed by atoms with Crippen molar-refractivity contribution in [1.29, 1.82) is 0 Å². The highest BCUT2D eigenvalue weighted by atomic mass is 32.2. The van der Waals surface area contributed by atoms with Crippen molar-refractivity contribution in [3.63, 3.8) is 0 Å². The zero-order valence-electron chi connectivity index (χ0n) is 13.2. The van der Waals surface area contributed by atoms with Crippen LogP contribution in [0.15, 0.2) is 4.99 Å². The predicted octanol–water partition coefficient (Wildman–Crippen LogP) is 3.18. The second kappa shape index (κ2) is 8.70. The van der Waals surface area contributed by atoms with Crippen molar-refractivity contribution < 1.29 is 14.3 Å². The zero-order valence-corrected chi connectivity index (χ0v) is 15.7. The first-order valence-electron chi connectivity index (χ1n) is 7.34. The molecule has 0 saturated carbocycles. The van der Waals surface area contributed by atoms with E-state index in [1.54, 1.807) is 25.6 Å². The number of hydrogen-bond acceptors (Lipinski definition) is 8. The Morgan fingerprint density at radius 3 is 2.83 bits per heavy atom. The van der Waals surface area contributed by atoms with Gasteiger partial charge in [0.1, 0.15) is 9.25 Å². The van der Waals surface area contributed by atoms with Crippen LogP contribution in [0.4, 0.5) is 5.13 Å². The molecule has 0 aromatic carbocycles. The van der Waals surface area contributed by atoms with Crippen molar-refractivity contribution in [3.05, 3.63) is 10.6 Å². The molecule has 0 aliphatic carbocycles. The van der Waals surface area contributed by atoms with Crippen LogP contribution in [0.25, 0.3) is 0 Å². The summed E-state index contributed by atoms with van der Waals surface area (Å²) in [6, 6.07) is 0. The third-order valence-electron chi connectivity index (χ3n) is 2.95. The van der Waals surface area contributed by atoms with E-state index in [1.807, 2.05) is 6.92 Å². The maximum Gasteiger partial charge on any atom is 0.350 e. The molecule has 0 unspecified atom stereocenters. The Morgan fingerprint density at radius 1 is 1.43 bits per heavy atom. The number of nitrogens with one attached hydrogen (secondary N) is 1. The zero-order chi connectivity index (χ0) is 16.8. The van der Waals surface area contributed by atoms with Crippen molar-refractivity contribution in [2.75, 3.05) is 24.2 Å². The summed E-state index contributed by atoms with van der Waals surface area (Å²) in [6.07, 6.45) is 0.700. The summed E-state index contributed by atoms with van der Waals surface area (Å²) in [7, 11) is 0. The number of aryl methyl sites for hydroxylation is 1. The van der Waals surface area contributed by atoms with Crippen LogP contribution < -0.4 is 5.32 Å². The molecule has 0 fully saturated rings. The lowest BCUT2D eigenvalue weighted by Gasteiger charge is -2.12. The van der Waals surface area contributed by atoms with Crippen LogP contribution in [0, 0.1) is 6.92 Å². The second-order valence-corrected chi connectivity index (χ2v) is 8.19. The number of ether oxygens (including phenoxy) is 1. The Balaban J connectivity index is 2.01. The van der Waals surface area contributed by atoms with Crippen LogP contribution in [0.2, 0.25) is 0 Å². The van der Waals surface area contributed by atoms with Crippen molar-refractivity contribution >= 4 is 56.2 Å². The van der Waals surface area contributed by atoms with Crippen molar-refractivity contribution in [1.82, 2.24) is 4.98 Å². The van der Waals surface area contributed by atoms with Gasteiger partial charge in [0.2, 0.25) is 5.91 Å². The molecule has 1 aromatic heterocycles. The van der Waals surface area contributed by atoms with Crippen molar-refractivity contribution in [3.8, 4) is 0 Å². The smallest absolute Gasteiger partial charge is 0.350 e. The van der Waals surface area contributed by atoms with Gasteiger partial charge in [0, 0.05) is 5.75 Å². The number of thiazole rings is 1. The molecule has 0 saturated heterocycles. The number of anilines is 1. The molecule has 0 bridgehead atoms. The average Bonchev–Trinajstić information content (AvgIpc) is 3.14. The summed E-state index contributed by atoms with van der Waals surface area (Å²) in [4.78, 5) is 33.2. The number of carbonyl (C=O) groups excluding carboxylic acids is 2. The number of thioether (sulfide) groups is 2. The third kappa shape index (κ3) is 4.95. The minimum atomic E-state index is -0.402. The molecule has 1 aliphatic heterocycles. The molecule has 1 aromatic rings. The first kappa shape index (κ1) is 18.3. The van der Waals surface area contributed by atoms with E-state index in [9.17, 15) is 9.59 Å². The first-order chi connectivity index (χ1) is 11.0. The summed E-state index contributed by atoms with van der Waals surface area (Å²) < 4.78 is 5.95. The third-order valence-corrected chi connectivity index (χ3v) is 6.57. The van der Waals surface area contributed by atoms with Crippen LogP contribution in [0.3, 0.4) is 0 Å². The monoisotopic (exact) mass is 373 g/mol. The molecule has 23 heavy (non-hydrogen) atoms. The highest BCUT2D eigenvalue weighted by molar-refractivity contribution is 8.39. The Morgan fingerprint density at radius 2 is 2.22 bits per heavy atom. The Kier molecular flexibility index (Phi) is 6.91. The van der Waals surface area contributed by atoms with Gasteiger partial charge in [-0.3, -0.25) is 9.79 Å². The minimum absolute atomic E-state index is 0.114. The fourth-order valence-corrected chi connectivity index (χ4v) is 4.87. The molecule has 1 aliphatic rings. The van der Waals surface area contributed by atoms with Crippen LogP contribution in [0.5, 0.6) is 0 Å². The summed E-state index contributed by atoms with van der Waals surface area (Å²) in [5.74, 6) is 0.465. The van der Waals surface area contributed by atoms with Crippen molar-refractivity contribution in [2.24, 2.45) is 4.99 Å². The number of aliphatic imine (C=N–C) groups is 1. The first-order valence-corrected chi connectivity index (χ1v) is 10.0. The number of nitrogens with zero attached hydrogens (tertiary/aromatic N) is 2. The van der Waals surface area contributed by atoms with Gasteiger partial charge in [-0.05, 0) is 20.3 Å². The molecule has 1 atom stereocenters. The van der Waals surface area contributed by atoms with Gasteiger partial charge in [0.05, 0.1) is 24.1 Å². The lowest BCUT2D eigenvalue weighted by Crippen LogP contribution is -2.25. The number of amides is 1. The van der Waals surface area contributed by atoms with Crippen molar-refractivity contribution in [2.45, 2.75) is 32.4 Å². The fourth-order valence-electron chi connectivity index (χ4n) is 1.85. The van der Waals surface area contributed by atoms with Crippen LogP contribution in [-0.2, 0) is 9.53 Å². The van der Waals surface area contributed by atoms with Gasteiger partial charge in [-0.15, -0.1) is 0 Å². The average molecular weight is 374 g/mol. The molecule has 126 valence electrons. The van der Waals surface area contributed by atoms with Gasteiger partial charge >= 0.3 is 5.97 Å². The van der Waals surface area contributed by atoms with E-state index in [0.717, 1.165) is 28.0 Å². The Labute approximate surface area is 147 Å². The van der Waals surface area contributed by atoms with Gasteiger partial charge in [-0.25, -0.2) is 9.78 Å². The van der Waals surface area contributed by atoms with Gasteiger partial charge < -0.3 is 10.1 Å². The molecule has 2 rings (SSSR count). The summed E-state index contributed by atoms with van der Waals surface area (Å²) in [5.41, 5.74) is 0.570. The van der Waals surface area contributed by atoms with E-state index in [-0.39, 0.29) is 11.2 Å². The molecular weight excluding hydrogens is 354 g/mol. The maximum absolute atomic E-state index is 12.4. The maximum atomic E-state index is 12.4. The van der Waals surface area contributed by atoms with Gasteiger partial charge in [-0.2, -0.15) is 0 Å². The fraction of sp³-hybridized carbons (Fsp3) is 0.571. The molecule has 6 nitrogen and oxygen atoms in total. The van der Waals surface area contributed by atoms with Gasteiger partial charge in [-0.1, -0.05) is 41.8 Å². The van der Waals surface area contributed by atoms with E-state index < -0.39 is 5.97 Å². The standard InChI is InChI=1S/C14H19N3O3S3/c1-4-9(22-14-15-6-7-21-14)11(18)17-13-16-8(3)10(23-13)12(19)20-5-2/h9H,4-7H2,1-3H3,(H,16,17,18)/t9-/m1/s1. The molecular formula is C14H19N3O3S3. The minimum Gasteiger partial charge on any atom is -0.462 e. The largest absolute Gasteiger partial charge is 0.462 e. The lowest BCUT2D eigenvalue weighted by atomic mass is 10.3. The Bertz CT molecular complexity index is 616. The number of carbonyl (C=O) groups is 2. The summed E-state index contributed by atoms with van der Waals surface area (Å²) in [5, 5.41) is 3.01. The molecule has 0 spiro atoms. The van der Waals surface area contributed by atoms with Crippen LogP contribution in [-0.4, -0.2) is 45.4 Å². The number of esters is 1. The summed E-state index contributed by atoms with van der Waals surface area (Å²) >= 11 is 4.32. The van der Waals surface area contributed by atoms with E-state index in [1.165, 1.54) is 11.8 Å². The quantitative estimate of drug-likeness (QED) is 0.772. The van der Waals surface area contributed by atoms with Crippen LogP contribution in [0.1, 0.15) is 35.6 Å². The molecule has 9 heteroatoms. The molecule has 0 radical (unpaired) electrons. The van der Waals surface area contributed by atoms with E-state index in [4.69, 9.17) is 4.74 Å². The predicted molar refractivity (Wildman–Crippen MR) is 97.9 cm³/mol. The van der Waals surface area contributed by atoms with E-state index in [2.05, 4.69) is 15.3 Å². The molecule has 1 amide bonds. The molecule has 1 N–H and O–H groups in total. The highest BCUT2D eigenvalue weighted by Gasteiger charge is 2.24. The second-order valence-electron chi connectivity index (χ2n) is 4.65. The van der Waals surface area contributed by atoms with E-state index in [0.29, 0.717) is 28.7 Å². The lowest BCUT2D eigenvalue weighted by molar-refractivity contribution is -0.115. The molecule has 2 heterocycles. The van der Waals surface area contributed by atoms with Gasteiger partial charge in [0.15, 0.2) is 5.13 Å². The Hall–Kier alpha value is -1.06. The normalized spacial score (nSPS) is 15.2. The highest BCUT2D eigenvalue weighted by Crippen LogP contribution is 2.29. The number of hydrogen-bond donors (Lipinski definition) is 1. The summed E-state index contributed by atoms with van der Waals surface area (Å²) in [6.45, 7) is 6.58. The number of rotatable bonds is 6. The number of aromatic nitrogens is 1.